The van der Waals surface area contributed by atoms with Gasteiger partial charge in [-0.3, -0.25) is 10.1 Å². The maximum Gasteiger partial charge on any atom is 0.288 e. The smallest absolute Gasteiger partial charge is 0.288 e. The second kappa shape index (κ2) is 8.41. The van der Waals surface area contributed by atoms with Crippen LogP contribution in [-0.2, 0) is 0 Å². The Morgan fingerprint density at radius 2 is 1.86 bits per heavy atom. The summed E-state index contributed by atoms with van der Waals surface area (Å²) in [6, 6.07) is 18.9. The molecule has 140 valence electrons. The quantitative estimate of drug-likeness (QED) is 0.167. The predicted octanol–water partition coefficient (Wildman–Crippen LogP) is 4.51. The van der Waals surface area contributed by atoms with E-state index in [4.69, 9.17) is 12.2 Å². The number of nitrogens with zero attached hydrogens (tertiary/aromatic N) is 2. The van der Waals surface area contributed by atoms with Crippen LogP contribution in [-0.4, -0.2) is 15.0 Å². The maximum absolute atomic E-state index is 11.1. The largest absolute Gasteiger partial charge is 0.502 e. The van der Waals surface area contributed by atoms with Gasteiger partial charge in [0.1, 0.15) is 0 Å². The standard InChI is InChI=1S/C21H17N3O3S/c1-15-7-6-12-23(14-15)19(21(28)22-17-9-3-2-4-10-17)20(25)16-8-5-11-18(13-16)24(26)27/h2-14H,1H3,(H-,22,25,28)/p+1. The SMILES string of the molecule is Cc1ccc[n+](C(C(=S)Nc2ccccc2)=C(O)c2cccc([N+](=O)[O-])c2)c1. The number of aromatic nitrogens is 1. The molecular formula is C21H18N3O3S+. The van der Waals surface area contributed by atoms with Crippen molar-refractivity contribution in [3.63, 3.8) is 0 Å². The zero-order valence-electron chi connectivity index (χ0n) is 15.1. The van der Waals surface area contributed by atoms with Gasteiger partial charge in [0.05, 0.1) is 4.92 Å². The van der Waals surface area contributed by atoms with Crippen LogP contribution in [0.25, 0.3) is 11.5 Å². The first-order chi connectivity index (χ1) is 13.5. The lowest BCUT2D eigenvalue weighted by Crippen LogP contribution is -2.38. The molecule has 0 aliphatic rings. The number of rotatable bonds is 5. The monoisotopic (exact) mass is 392 g/mol. The molecule has 2 aromatic carbocycles. The Balaban J connectivity index is 2.12. The number of nitrogens with one attached hydrogen (secondary N) is 1. The number of benzene rings is 2. The summed E-state index contributed by atoms with van der Waals surface area (Å²) >= 11 is 5.56. The van der Waals surface area contributed by atoms with Crippen molar-refractivity contribution < 1.29 is 14.6 Å². The van der Waals surface area contributed by atoms with E-state index in [-0.39, 0.29) is 16.4 Å². The van der Waals surface area contributed by atoms with E-state index < -0.39 is 4.92 Å². The third-order valence-corrected chi connectivity index (χ3v) is 4.30. The number of aryl methyl sites for hydroxylation is 1. The van der Waals surface area contributed by atoms with E-state index in [0.717, 1.165) is 11.3 Å². The number of non-ortho nitro benzene ring substituents is 1. The Labute approximate surface area is 167 Å². The van der Waals surface area contributed by atoms with Gasteiger partial charge in [-0.15, -0.1) is 0 Å². The number of para-hydroxylation sites is 1. The van der Waals surface area contributed by atoms with Gasteiger partial charge in [-0.2, -0.15) is 4.57 Å². The van der Waals surface area contributed by atoms with Gasteiger partial charge in [-0.25, -0.2) is 0 Å². The number of pyridine rings is 1. The number of aliphatic hydroxyl groups is 1. The summed E-state index contributed by atoms with van der Waals surface area (Å²) in [4.78, 5) is 10.9. The molecule has 0 aliphatic carbocycles. The van der Waals surface area contributed by atoms with Gasteiger partial charge in [0.25, 0.3) is 11.4 Å². The number of aliphatic hydroxyl groups excluding tert-OH is 1. The van der Waals surface area contributed by atoms with Crippen LogP contribution >= 0.6 is 12.2 Å². The second-order valence-corrected chi connectivity index (χ2v) is 6.52. The van der Waals surface area contributed by atoms with Crippen LogP contribution in [0.5, 0.6) is 0 Å². The molecule has 0 radical (unpaired) electrons. The molecule has 0 saturated heterocycles. The lowest BCUT2D eigenvalue weighted by molar-refractivity contribution is -0.576. The summed E-state index contributed by atoms with van der Waals surface area (Å²) in [7, 11) is 0. The Morgan fingerprint density at radius 1 is 1.11 bits per heavy atom. The molecule has 0 saturated carbocycles. The minimum Gasteiger partial charge on any atom is -0.502 e. The average molecular weight is 392 g/mol. The van der Waals surface area contributed by atoms with E-state index in [2.05, 4.69) is 5.32 Å². The van der Waals surface area contributed by atoms with E-state index in [9.17, 15) is 15.2 Å². The van der Waals surface area contributed by atoms with E-state index in [1.807, 2.05) is 55.6 Å². The van der Waals surface area contributed by atoms with Gasteiger partial charge in [-0.05, 0) is 25.1 Å². The highest BCUT2D eigenvalue weighted by Gasteiger charge is 2.25. The number of nitro benzene ring substituents is 1. The van der Waals surface area contributed by atoms with Gasteiger partial charge in [0, 0.05) is 35.0 Å². The Hall–Kier alpha value is -3.58. The number of thiocarbonyl (C=S) groups is 1. The molecule has 28 heavy (non-hydrogen) atoms. The third-order valence-electron chi connectivity index (χ3n) is 4.01. The van der Waals surface area contributed by atoms with Crippen LogP contribution < -0.4 is 9.88 Å². The molecule has 2 N–H and O–H groups in total. The summed E-state index contributed by atoms with van der Waals surface area (Å²) in [6.07, 6.45) is 3.58. The van der Waals surface area contributed by atoms with Gasteiger partial charge in [0.2, 0.25) is 0 Å². The summed E-state index contributed by atoms with van der Waals surface area (Å²) in [6.45, 7) is 1.92. The Kier molecular flexibility index (Phi) is 5.76. The average Bonchev–Trinajstić information content (AvgIpc) is 2.69. The van der Waals surface area contributed by atoms with Crippen molar-refractivity contribution in [2.45, 2.75) is 6.92 Å². The molecule has 1 heterocycles. The van der Waals surface area contributed by atoms with Gasteiger partial charge < -0.3 is 10.4 Å². The van der Waals surface area contributed by atoms with Crippen molar-refractivity contribution >= 4 is 40.0 Å². The minimum atomic E-state index is -0.503. The molecule has 6 nitrogen and oxygen atoms in total. The molecular weight excluding hydrogens is 374 g/mol. The highest BCUT2D eigenvalue weighted by molar-refractivity contribution is 7.81. The minimum absolute atomic E-state index is 0.112. The number of hydrogen-bond donors (Lipinski definition) is 2. The predicted molar refractivity (Wildman–Crippen MR) is 113 cm³/mol. The van der Waals surface area contributed by atoms with E-state index in [1.165, 1.54) is 18.2 Å². The zero-order valence-corrected chi connectivity index (χ0v) is 15.9. The van der Waals surface area contributed by atoms with Gasteiger partial charge in [-0.1, -0.05) is 42.5 Å². The molecule has 0 bridgehead atoms. The molecule has 0 amide bonds. The molecule has 0 aliphatic heterocycles. The van der Waals surface area contributed by atoms with E-state index in [1.54, 1.807) is 16.8 Å². The number of anilines is 1. The molecule has 0 unspecified atom stereocenters. The van der Waals surface area contributed by atoms with Crippen molar-refractivity contribution in [3.8, 4) is 0 Å². The number of hydrogen-bond acceptors (Lipinski definition) is 4. The lowest BCUT2D eigenvalue weighted by Gasteiger charge is -2.10. The van der Waals surface area contributed by atoms with Crippen LogP contribution in [0.2, 0.25) is 0 Å². The highest BCUT2D eigenvalue weighted by Crippen LogP contribution is 2.22. The molecule has 0 fully saturated rings. The van der Waals surface area contributed by atoms with Crippen molar-refractivity contribution in [3.05, 3.63) is 100 Å². The topological polar surface area (TPSA) is 79.3 Å². The maximum atomic E-state index is 11.1. The van der Waals surface area contributed by atoms with Crippen LogP contribution in [0.4, 0.5) is 11.4 Å². The molecule has 3 rings (SSSR count). The van der Waals surface area contributed by atoms with E-state index in [0.29, 0.717) is 11.3 Å². The van der Waals surface area contributed by atoms with Crippen LogP contribution in [0.15, 0.2) is 79.1 Å². The van der Waals surface area contributed by atoms with Crippen molar-refractivity contribution in [1.29, 1.82) is 0 Å². The first-order valence-corrected chi connectivity index (χ1v) is 8.89. The van der Waals surface area contributed by atoms with Crippen LogP contribution in [0, 0.1) is 17.0 Å². The second-order valence-electron chi connectivity index (χ2n) is 6.11. The molecule has 7 heteroatoms. The Bertz CT molecular complexity index is 1070. The van der Waals surface area contributed by atoms with Crippen LogP contribution in [0.3, 0.4) is 0 Å². The van der Waals surface area contributed by atoms with Crippen molar-refractivity contribution in [2.75, 3.05) is 5.32 Å². The zero-order chi connectivity index (χ0) is 20.1. The summed E-state index contributed by atoms with van der Waals surface area (Å²) in [5.74, 6) is -0.160. The fraction of sp³-hybridized carbons (Fsp3) is 0.0476. The highest BCUT2D eigenvalue weighted by atomic mass is 32.1. The first-order valence-electron chi connectivity index (χ1n) is 8.48. The van der Waals surface area contributed by atoms with Crippen LogP contribution in [0.1, 0.15) is 11.1 Å². The molecule has 0 atom stereocenters. The normalized spacial score (nSPS) is 11.5. The van der Waals surface area contributed by atoms with Gasteiger partial charge in [0.15, 0.2) is 23.1 Å². The van der Waals surface area contributed by atoms with E-state index >= 15 is 0 Å². The third kappa shape index (κ3) is 4.39. The fourth-order valence-corrected chi connectivity index (χ4v) is 3.01. The van der Waals surface area contributed by atoms with Crippen molar-refractivity contribution in [2.24, 2.45) is 0 Å². The molecule has 1 aromatic heterocycles. The molecule has 0 spiro atoms. The summed E-state index contributed by atoms with van der Waals surface area (Å²) in [5.41, 5.74) is 2.25. The number of nitro groups is 1. The Morgan fingerprint density at radius 3 is 2.54 bits per heavy atom. The van der Waals surface area contributed by atoms with Gasteiger partial charge >= 0.3 is 0 Å². The fourth-order valence-electron chi connectivity index (χ4n) is 2.69. The molecule has 3 aromatic rings. The summed E-state index contributed by atoms with van der Waals surface area (Å²) < 4.78 is 1.70. The van der Waals surface area contributed by atoms with Crippen molar-refractivity contribution in [1.82, 2.24) is 0 Å². The first kappa shape index (κ1) is 19.2. The lowest BCUT2D eigenvalue weighted by atomic mass is 10.1. The summed E-state index contributed by atoms with van der Waals surface area (Å²) in [5, 5.41) is 25.2.